The van der Waals surface area contributed by atoms with Crippen molar-refractivity contribution in [2.75, 3.05) is 40.6 Å². The first kappa shape index (κ1) is 39.8. The van der Waals surface area contributed by atoms with Crippen LogP contribution in [0.3, 0.4) is 0 Å². The average molecular weight is 681 g/mol. The zero-order chi connectivity index (χ0) is 36.1. The summed E-state index contributed by atoms with van der Waals surface area (Å²) in [5, 5.41) is 0. The van der Waals surface area contributed by atoms with Gasteiger partial charge in [0.2, 0.25) is 0 Å². The molecule has 0 amide bonds. The van der Waals surface area contributed by atoms with Gasteiger partial charge in [-0.2, -0.15) is 0 Å². The van der Waals surface area contributed by atoms with Gasteiger partial charge in [0.25, 0.3) is 0 Å². The van der Waals surface area contributed by atoms with Crippen molar-refractivity contribution < 1.29 is 57.1 Å². The van der Waals surface area contributed by atoms with Gasteiger partial charge in [-0.1, -0.05) is 44.9 Å². The monoisotopic (exact) mass is 680 g/mol. The van der Waals surface area contributed by atoms with Crippen LogP contribution in [-0.4, -0.2) is 70.5 Å². The summed E-state index contributed by atoms with van der Waals surface area (Å²) >= 11 is 0. The van der Waals surface area contributed by atoms with Gasteiger partial charge in [-0.05, 0) is 67.8 Å². The number of benzene rings is 2. The van der Waals surface area contributed by atoms with E-state index in [4.69, 9.17) is 28.4 Å². The van der Waals surface area contributed by atoms with Crippen molar-refractivity contribution in [1.29, 1.82) is 0 Å². The molecule has 0 bridgehead atoms. The highest BCUT2D eigenvalue weighted by atomic mass is 16.6. The Morgan fingerprint density at radius 3 is 1.88 bits per heavy atom. The normalized spacial score (nSPS) is 10.8. The number of unbranched alkanes of at least 4 members (excludes halogenated alkanes) is 5. The summed E-state index contributed by atoms with van der Waals surface area (Å²) in [5.41, 5.74) is -0.359. The van der Waals surface area contributed by atoms with Gasteiger partial charge in [-0.25, -0.2) is 19.2 Å². The second kappa shape index (κ2) is 21.5. The quantitative estimate of drug-likeness (QED) is 0.0484. The van der Waals surface area contributed by atoms with Crippen LogP contribution in [0.2, 0.25) is 0 Å². The average Bonchev–Trinajstić information content (AvgIpc) is 3.12. The van der Waals surface area contributed by atoms with Crippen LogP contribution in [0.1, 0.15) is 61.4 Å². The number of carbonyl (C=O) groups is 5. The van der Waals surface area contributed by atoms with E-state index < -0.39 is 35.3 Å². The van der Waals surface area contributed by atoms with Gasteiger partial charge in [0.1, 0.15) is 24.4 Å². The first-order valence-corrected chi connectivity index (χ1v) is 15.7. The molecular formula is C37H44O12. The maximum absolute atomic E-state index is 12.7. The molecule has 0 aliphatic rings. The molecule has 0 radical (unpaired) electrons. The van der Waals surface area contributed by atoms with Crippen LogP contribution in [0, 0.1) is 5.41 Å². The fraction of sp³-hybridized carbons (Fsp3) is 0.378. The number of ether oxygens (including phenoxy) is 7. The summed E-state index contributed by atoms with van der Waals surface area (Å²) < 4.78 is 36.6. The zero-order valence-corrected chi connectivity index (χ0v) is 28.2. The third kappa shape index (κ3) is 14.5. The number of hydrogen-bond acceptors (Lipinski definition) is 12. The molecule has 0 N–H and O–H groups in total. The van der Waals surface area contributed by atoms with E-state index in [2.05, 4.69) is 17.9 Å². The maximum atomic E-state index is 12.7. The zero-order valence-electron chi connectivity index (χ0n) is 28.2. The lowest BCUT2D eigenvalue weighted by Gasteiger charge is -2.26. The molecule has 0 aliphatic heterocycles. The lowest BCUT2D eigenvalue weighted by atomic mass is 9.93. The van der Waals surface area contributed by atoms with Crippen LogP contribution in [0.15, 0.2) is 73.9 Å². The lowest BCUT2D eigenvalue weighted by Crippen LogP contribution is -2.40. The van der Waals surface area contributed by atoms with Crippen LogP contribution in [-0.2, 0) is 38.1 Å². The number of hydrogen-bond donors (Lipinski definition) is 0. The molecule has 0 spiro atoms. The van der Waals surface area contributed by atoms with E-state index in [0.29, 0.717) is 35.7 Å². The Morgan fingerprint density at radius 1 is 0.714 bits per heavy atom. The molecule has 0 atom stereocenters. The Bertz CT molecular complexity index is 1430. The fourth-order valence-corrected chi connectivity index (χ4v) is 4.13. The molecule has 0 unspecified atom stereocenters. The predicted octanol–water partition coefficient (Wildman–Crippen LogP) is 5.83. The minimum absolute atomic E-state index is 0.182. The third-order valence-electron chi connectivity index (χ3n) is 7.03. The molecule has 49 heavy (non-hydrogen) atoms. The first-order valence-electron chi connectivity index (χ1n) is 15.7. The number of rotatable bonds is 22. The smallest absolute Gasteiger partial charge is 0.343 e. The van der Waals surface area contributed by atoms with E-state index in [1.807, 2.05) is 0 Å². The Hall–Kier alpha value is -5.39. The molecular weight excluding hydrogens is 636 g/mol. The summed E-state index contributed by atoms with van der Waals surface area (Å²) in [6.07, 6.45) is 9.99. The predicted molar refractivity (Wildman–Crippen MR) is 180 cm³/mol. The molecule has 0 fully saturated rings. The van der Waals surface area contributed by atoms with Crippen LogP contribution < -0.4 is 14.2 Å². The molecule has 12 nitrogen and oxygen atoms in total. The van der Waals surface area contributed by atoms with E-state index in [1.165, 1.54) is 27.2 Å². The highest BCUT2D eigenvalue weighted by Gasteiger charge is 2.38. The minimum atomic E-state index is -1.37. The molecule has 0 saturated carbocycles. The third-order valence-corrected chi connectivity index (χ3v) is 7.03. The van der Waals surface area contributed by atoms with Crippen molar-refractivity contribution >= 4 is 35.9 Å². The van der Waals surface area contributed by atoms with Crippen molar-refractivity contribution in [2.24, 2.45) is 5.41 Å². The molecule has 2 rings (SSSR count). The Labute approximate surface area is 286 Å². The van der Waals surface area contributed by atoms with Crippen molar-refractivity contribution in [3.63, 3.8) is 0 Å². The Morgan fingerprint density at radius 2 is 1.31 bits per heavy atom. The highest BCUT2D eigenvalue weighted by molar-refractivity contribution is 5.91. The highest BCUT2D eigenvalue weighted by Crippen LogP contribution is 2.29. The summed E-state index contributed by atoms with van der Waals surface area (Å²) in [7, 11) is 2.74. The minimum Gasteiger partial charge on any atom is -0.494 e. The maximum Gasteiger partial charge on any atom is 0.343 e. The summed E-state index contributed by atoms with van der Waals surface area (Å²) in [6.45, 7) is 8.17. The van der Waals surface area contributed by atoms with E-state index >= 15 is 0 Å². The molecule has 12 heteroatoms. The Balaban J connectivity index is 1.67. The molecule has 0 aromatic heterocycles. The fourth-order valence-electron chi connectivity index (χ4n) is 4.13. The van der Waals surface area contributed by atoms with Gasteiger partial charge in [-0.3, -0.25) is 4.79 Å². The van der Waals surface area contributed by atoms with Gasteiger partial charge >= 0.3 is 29.8 Å². The van der Waals surface area contributed by atoms with Crippen molar-refractivity contribution in [3.05, 3.63) is 85.0 Å². The summed E-state index contributed by atoms with van der Waals surface area (Å²) in [4.78, 5) is 59.6. The molecule has 2 aromatic carbocycles. The lowest BCUT2D eigenvalue weighted by molar-refractivity contribution is -0.168. The largest absolute Gasteiger partial charge is 0.494 e. The second-order valence-electron chi connectivity index (χ2n) is 11.0. The van der Waals surface area contributed by atoms with Crippen molar-refractivity contribution in [3.8, 4) is 17.2 Å². The van der Waals surface area contributed by atoms with Crippen LogP contribution in [0.5, 0.6) is 17.2 Å². The number of carbonyl (C=O) groups excluding carboxylic acids is 5. The second-order valence-corrected chi connectivity index (χ2v) is 11.0. The first-order chi connectivity index (χ1) is 23.5. The number of esters is 5. The van der Waals surface area contributed by atoms with Gasteiger partial charge in [-0.15, -0.1) is 0 Å². The van der Waals surface area contributed by atoms with Crippen molar-refractivity contribution in [2.45, 2.75) is 45.4 Å². The topological polar surface area (TPSA) is 150 Å². The van der Waals surface area contributed by atoms with Gasteiger partial charge in [0.05, 0.1) is 33.0 Å². The molecule has 0 aliphatic carbocycles. The molecule has 0 heterocycles. The SMILES string of the molecule is C=CC(=O)OCC(C)(COC(=O)C=C)C(=O)OCCCCCCCCOc1ccc(C(=O)Oc2ccc(/C=C/C(=O)OC)cc2OC)cc1. The molecule has 0 saturated heterocycles. The van der Waals surface area contributed by atoms with E-state index in [1.54, 1.807) is 48.5 Å². The van der Waals surface area contributed by atoms with Crippen LogP contribution in [0.4, 0.5) is 0 Å². The van der Waals surface area contributed by atoms with Crippen LogP contribution >= 0.6 is 0 Å². The summed E-state index contributed by atoms with van der Waals surface area (Å²) in [5.74, 6) is -1.90. The Kier molecular flexibility index (Phi) is 17.4. The van der Waals surface area contributed by atoms with Gasteiger partial charge < -0.3 is 33.2 Å². The van der Waals surface area contributed by atoms with E-state index in [9.17, 15) is 24.0 Å². The molecule has 2 aromatic rings. The van der Waals surface area contributed by atoms with E-state index in [0.717, 1.165) is 44.3 Å². The summed E-state index contributed by atoms with van der Waals surface area (Å²) in [6, 6.07) is 11.5. The molecule has 264 valence electrons. The van der Waals surface area contributed by atoms with Crippen LogP contribution in [0.25, 0.3) is 6.08 Å². The van der Waals surface area contributed by atoms with E-state index in [-0.39, 0.29) is 25.6 Å². The van der Waals surface area contributed by atoms with Gasteiger partial charge in [0.15, 0.2) is 11.5 Å². The standard InChI is InChI=1S/C37H44O12/c1-6-32(38)47-25-37(3,26-48-33(39)7-2)36(42)46-23-13-11-9-8-10-12-22-45-29-18-16-28(17-19-29)35(41)49-30-20-14-27(24-31(30)43-4)15-21-34(40)44-5/h6-7,14-21,24H,1-2,8-13,22-23,25-26H2,3-5H3/b21-15+. The van der Waals surface area contributed by atoms with Crippen molar-refractivity contribution in [1.82, 2.24) is 0 Å². The number of methoxy groups -OCH3 is 2. The van der Waals surface area contributed by atoms with Gasteiger partial charge in [0, 0.05) is 18.2 Å².